The topological polar surface area (TPSA) is 25.2 Å². The van der Waals surface area contributed by atoms with E-state index in [0.717, 1.165) is 18.1 Å². The van der Waals surface area contributed by atoms with Gasteiger partial charge >= 0.3 is 0 Å². The first-order chi connectivity index (χ1) is 8.73. The van der Waals surface area contributed by atoms with Crippen LogP contribution in [0.15, 0.2) is 10.5 Å². The number of nitrogens with one attached hydrogen (secondary N) is 1. The molecule has 1 rings (SSSR count). The Morgan fingerprint density at radius 1 is 1.26 bits per heavy atom. The normalized spacial score (nSPS) is 15.5. The highest BCUT2D eigenvalue weighted by Crippen LogP contribution is 2.32. The van der Waals surface area contributed by atoms with Gasteiger partial charge in [0.1, 0.15) is 11.5 Å². The van der Waals surface area contributed by atoms with Gasteiger partial charge in [0.05, 0.1) is 0 Å². The van der Waals surface area contributed by atoms with Gasteiger partial charge < -0.3 is 9.73 Å². The first-order valence-electron chi connectivity index (χ1n) is 7.53. The first kappa shape index (κ1) is 16.3. The van der Waals surface area contributed by atoms with Crippen LogP contribution in [-0.2, 0) is 0 Å². The Morgan fingerprint density at radius 3 is 2.32 bits per heavy atom. The van der Waals surface area contributed by atoms with Gasteiger partial charge in [0.25, 0.3) is 0 Å². The highest BCUT2D eigenvalue weighted by Gasteiger charge is 2.22. The minimum absolute atomic E-state index is 0.400. The quantitative estimate of drug-likeness (QED) is 0.782. The molecule has 0 saturated heterocycles. The minimum atomic E-state index is 0.400. The molecule has 110 valence electrons. The van der Waals surface area contributed by atoms with Gasteiger partial charge in [-0.15, -0.1) is 0 Å². The Balaban J connectivity index is 2.76. The molecule has 0 amide bonds. The van der Waals surface area contributed by atoms with Crippen LogP contribution < -0.4 is 5.32 Å². The highest BCUT2D eigenvalue weighted by molar-refractivity contribution is 5.24. The summed E-state index contributed by atoms with van der Waals surface area (Å²) in [5.41, 5.74) is 1.73. The van der Waals surface area contributed by atoms with Crippen LogP contribution in [0.3, 0.4) is 0 Å². The van der Waals surface area contributed by atoms with E-state index in [2.05, 4.69) is 52.9 Å². The molecule has 0 bridgehead atoms. The third-order valence-electron chi connectivity index (χ3n) is 3.50. The Morgan fingerprint density at radius 2 is 1.89 bits per heavy atom. The van der Waals surface area contributed by atoms with Crippen LogP contribution >= 0.6 is 0 Å². The number of hydrogen-bond acceptors (Lipinski definition) is 2. The van der Waals surface area contributed by atoms with Crippen molar-refractivity contribution in [1.29, 1.82) is 0 Å². The molecule has 0 aromatic carbocycles. The standard InChI is InChI=1S/C17H31NO/c1-8-18-16(9-12(2)11-17(5,6)7)15-10-13(3)19-14(15)4/h10,12,16,18H,8-9,11H2,1-7H3. The number of hydrogen-bond donors (Lipinski definition) is 1. The fourth-order valence-electron chi connectivity index (χ4n) is 3.09. The van der Waals surface area contributed by atoms with Gasteiger partial charge in [-0.2, -0.15) is 0 Å². The van der Waals surface area contributed by atoms with Crippen molar-refractivity contribution in [2.45, 2.75) is 67.3 Å². The van der Waals surface area contributed by atoms with E-state index in [1.807, 2.05) is 6.92 Å². The zero-order valence-corrected chi connectivity index (χ0v) is 13.8. The Hall–Kier alpha value is -0.760. The van der Waals surface area contributed by atoms with E-state index in [9.17, 15) is 0 Å². The van der Waals surface area contributed by atoms with Crippen LogP contribution in [0.2, 0.25) is 0 Å². The van der Waals surface area contributed by atoms with Gasteiger partial charge in [-0.3, -0.25) is 0 Å². The molecule has 0 saturated carbocycles. The number of rotatable bonds is 6. The van der Waals surface area contributed by atoms with Crippen molar-refractivity contribution >= 4 is 0 Å². The molecule has 0 radical (unpaired) electrons. The van der Waals surface area contributed by atoms with Crippen molar-refractivity contribution in [3.8, 4) is 0 Å². The molecule has 1 heterocycles. The highest BCUT2D eigenvalue weighted by atomic mass is 16.3. The van der Waals surface area contributed by atoms with Gasteiger partial charge in [0, 0.05) is 11.6 Å². The van der Waals surface area contributed by atoms with Gasteiger partial charge in [-0.05, 0) is 50.6 Å². The molecule has 2 nitrogen and oxygen atoms in total. The average Bonchev–Trinajstić information content (AvgIpc) is 2.54. The van der Waals surface area contributed by atoms with E-state index < -0.39 is 0 Å². The largest absolute Gasteiger partial charge is 0.466 e. The summed E-state index contributed by atoms with van der Waals surface area (Å²) >= 11 is 0. The van der Waals surface area contributed by atoms with E-state index in [4.69, 9.17) is 4.42 Å². The van der Waals surface area contributed by atoms with Crippen LogP contribution in [0.25, 0.3) is 0 Å². The molecule has 0 fully saturated rings. The van der Waals surface area contributed by atoms with Gasteiger partial charge in [0.2, 0.25) is 0 Å². The number of furan rings is 1. The second-order valence-electron chi connectivity index (χ2n) is 7.08. The van der Waals surface area contributed by atoms with Crippen LogP contribution in [0.4, 0.5) is 0 Å². The van der Waals surface area contributed by atoms with Gasteiger partial charge in [-0.1, -0.05) is 34.6 Å². The smallest absolute Gasteiger partial charge is 0.105 e. The van der Waals surface area contributed by atoms with E-state index >= 15 is 0 Å². The molecule has 2 atom stereocenters. The van der Waals surface area contributed by atoms with E-state index in [-0.39, 0.29) is 0 Å². The molecule has 2 unspecified atom stereocenters. The van der Waals surface area contributed by atoms with Crippen LogP contribution in [0.5, 0.6) is 0 Å². The molecular weight excluding hydrogens is 234 g/mol. The monoisotopic (exact) mass is 265 g/mol. The Kier molecular flexibility index (Phi) is 5.66. The van der Waals surface area contributed by atoms with Crippen molar-refractivity contribution in [1.82, 2.24) is 5.32 Å². The predicted molar refractivity (Wildman–Crippen MR) is 82.5 cm³/mol. The lowest BCUT2D eigenvalue weighted by atomic mass is 9.82. The molecule has 1 aromatic heterocycles. The predicted octanol–water partition coefficient (Wildman–Crippen LogP) is 5.01. The van der Waals surface area contributed by atoms with Crippen LogP contribution in [-0.4, -0.2) is 6.54 Å². The van der Waals surface area contributed by atoms with E-state index in [1.54, 1.807) is 0 Å². The third kappa shape index (κ3) is 5.40. The third-order valence-corrected chi connectivity index (χ3v) is 3.50. The summed E-state index contributed by atoms with van der Waals surface area (Å²) in [6.07, 6.45) is 2.43. The fourth-order valence-corrected chi connectivity index (χ4v) is 3.09. The molecule has 0 aliphatic rings. The maximum absolute atomic E-state index is 5.68. The lowest BCUT2D eigenvalue weighted by molar-refractivity contribution is 0.276. The lowest BCUT2D eigenvalue weighted by Gasteiger charge is -2.27. The summed E-state index contributed by atoms with van der Waals surface area (Å²) in [7, 11) is 0. The maximum Gasteiger partial charge on any atom is 0.105 e. The SMILES string of the molecule is CCNC(CC(C)CC(C)(C)C)c1cc(C)oc1C. The summed E-state index contributed by atoms with van der Waals surface area (Å²) in [5.74, 6) is 2.78. The summed E-state index contributed by atoms with van der Waals surface area (Å²) in [4.78, 5) is 0. The van der Waals surface area contributed by atoms with Crippen LogP contribution in [0.1, 0.15) is 70.6 Å². The Labute approximate surface area is 119 Å². The zero-order valence-electron chi connectivity index (χ0n) is 13.8. The molecule has 19 heavy (non-hydrogen) atoms. The molecule has 0 aliphatic carbocycles. The zero-order chi connectivity index (χ0) is 14.6. The van der Waals surface area contributed by atoms with Crippen molar-refractivity contribution in [3.05, 3.63) is 23.2 Å². The Bertz CT molecular complexity index is 386. The minimum Gasteiger partial charge on any atom is -0.466 e. The average molecular weight is 265 g/mol. The van der Waals surface area contributed by atoms with E-state index in [1.165, 1.54) is 18.4 Å². The fraction of sp³-hybridized carbons (Fsp3) is 0.765. The molecule has 2 heteroatoms. The van der Waals surface area contributed by atoms with Crippen molar-refractivity contribution < 1.29 is 4.42 Å². The number of aryl methyl sites for hydroxylation is 2. The first-order valence-corrected chi connectivity index (χ1v) is 7.53. The maximum atomic E-state index is 5.68. The van der Waals surface area contributed by atoms with E-state index in [0.29, 0.717) is 17.4 Å². The second kappa shape index (κ2) is 6.60. The van der Waals surface area contributed by atoms with Gasteiger partial charge in [0.15, 0.2) is 0 Å². The van der Waals surface area contributed by atoms with Crippen molar-refractivity contribution in [3.63, 3.8) is 0 Å². The summed E-state index contributed by atoms with van der Waals surface area (Å²) in [5, 5.41) is 3.61. The second-order valence-corrected chi connectivity index (χ2v) is 7.08. The van der Waals surface area contributed by atoms with Crippen LogP contribution in [0, 0.1) is 25.2 Å². The van der Waals surface area contributed by atoms with Gasteiger partial charge in [-0.25, -0.2) is 0 Å². The van der Waals surface area contributed by atoms with Crippen molar-refractivity contribution in [2.24, 2.45) is 11.3 Å². The molecule has 0 spiro atoms. The lowest BCUT2D eigenvalue weighted by Crippen LogP contribution is -2.24. The molecule has 1 N–H and O–H groups in total. The molecule has 0 aliphatic heterocycles. The molecular formula is C17H31NO. The summed E-state index contributed by atoms with van der Waals surface area (Å²) in [6.45, 7) is 16.6. The summed E-state index contributed by atoms with van der Waals surface area (Å²) in [6, 6.07) is 2.60. The van der Waals surface area contributed by atoms with Crippen molar-refractivity contribution in [2.75, 3.05) is 6.54 Å². The summed E-state index contributed by atoms with van der Waals surface area (Å²) < 4.78 is 5.68. The molecule has 1 aromatic rings.